The topological polar surface area (TPSA) is 132 Å². The summed E-state index contributed by atoms with van der Waals surface area (Å²) in [5, 5.41) is 36.4. The summed E-state index contributed by atoms with van der Waals surface area (Å²) in [7, 11) is 0. The molecule has 182 valence electrons. The van der Waals surface area contributed by atoms with Gasteiger partial charge in [0.1, 0.15) is 0 Å². The quantitative estimate of drug-likeness (QED) is 0.371. The summed E-state index contributed by atoms with van der Waals surface area (Å²) < 4.78 is 0. The lowest BCUT2D eigenvalue weighted by atomic mass is 9.78. The molecular weight excluding hydrogens is 424 g/mol. The van der Waals surface area contributed by atoms with Gasteiger partial charge < -0.3 is 20.4 Å². The fourth-order valence-electron chi connectivity index (χ4n) is 2.88. The highest BCUT2D eigenvalue weighted by Crippen LogP contribution is 2.28. The molecule has 3 atom stereocenters. The largest absolute Gasteiger partial charge is 0.478 e. The maximum Gasteiger partial charge on any atom is 0.377 e. The van der Waals surface area contributed by atoms with E-state index in [1.54, 1.807) is 48.5 Å². The van der Waals surface area contributed by atoms with Gasteiger partial charge >= 0.3 is 11.9 Å². The molecule has 7 heteroatoms. The third-order valence-electron chi connectivity index (χ3n) is 4.86. The van der Waals surface area contributed by atoms with Crippen LogP contribution >= 0.6 is 0 Å². The van der Waals surface area contributed by atoms with E-state index in [-0.39, 0.29) is 22.8 Å². The molecule has 2 rings (SSSR count). The highest BCUT2D eigenvalue weighted by molar-refractivity contribution is 6.39. The zero-order chi connectivity index (χ0) is 25.8. The van der Waals surface area contributed by atoms with Crippen molar-refractivity contribution < 1.29 is 34.8 Å². The van der Waals surface area contributed by atoms with Crippen LogP contribution in [0.3, 0.4) is 0 Å². The van der Waals surface area contributed by atoms with E-state index in [4.69, 9.17) is 10.2 Å². The smallest absolute Gasteiger partial charge is 0.377 e. The average Bonchev–Trinajstić information content (AvgIpc) is 2.78. The summed E-state index contributed by atoms with van der Waals surface area (Å²) >= 11 is 0. The molecule has 0 fully saturated rings. The Labute approximate surface area is 195 Å². The van der Waals surface area contributed by atoms with Crippen LogP contribution in [0.15, 0.2) is 60.7 Å². The molecule has 0 saturated heterocycles. The number of aliphatic hydroxyl groups is 2. The number of aliphatic carboxylic acids is 1. The summed E-state index contributed by atoms with van der Waals surface area (Å²) in [5.41, 5.74) is 0.382. The molecule has 2 aromatic carbocycles. The number of Topliss-reactive ketones (excluding diaryl/α,β-unsaturated/α-hetero) is 1. The van der Waals surface area contributed by atoms with Gasteiger partial charge in [-0.05, 0) is 23.5 Å². The molecular formula is C26H36O7. The molecule has 7 nitrogen and oxygen atoms in total. The SMILES string of the molecule is CC(C)C(O)C(C)C(O)C(C)(C)C.O=C(O)C(=O)c1ccccc1.O=C(O)c1ccccc1. The van der Waals surface area contributed by atoms with Gasteiger partial charge in [0.05, 0.1) is 17.8 Å². The molecule has 0 aliphatic carbocycles. The third-order valence-corrected chi connectivity index (χ3v) is 4.86. The Balaban J connectivity index is 0.000000472. The van der Waals surface area contributed by atoms with Gasteiger partial charge in [-0.15, -0.1) is 0 Å². The molecule has 0 aromatic heterocycles. The van der Waals surface area contributed by atoms with Crippen molar-refractivity contribution in [1.29, 1.82) is 0 Å². The van der Waals surface area contributed by atoms with E-state index in [0.717, 1.165) is 0 Å². The highest BCUT2D eigenvalue weighted by atomic mass is 16.4. The van der Waals surface area contributed by atoms with Crippen molar-refractivity contribution >= 4 is 17.7 Å². The first kappa shape index (κ1) is 30.0. The molecule has 0 aliphatic rings. The first-order chi connectivity index (χ1) is 15.2. The van der Waals surface area contributed by atoms with E-state index < -0.39 is 29.9 Å². The lowest BCUT2D eigenvalue weighted by Crippen LogP contribution is -2.40. The van der Waals surface area contributed by atoms with Gasteiger partial charge in [-0.25, -0.2) is 9.59 Å². The second kappa shape index (κ2) is 14.2. The van der Waals surface area contributed by atoms with Crippen LogP contribution in [-0.4, -0.2) is 50.4 Å². The van der Waals surface area contributed by atoms with Crippen LogP contribution in [0.1, 0.15) is 62.3 Å². The van der Waals surface area contributed by atoms with E-state index in [0.29, 0.717) is 5.56 Å². The molecule has 0 aliphatic heterocycles. The van der Waals surface area contributed by atoms with Crippen molar-refractivity contribution in [3.8, 4) is 0 Å². The minimum Gasteiger partial charge on any atom is -0.478 e. The molecule has 0 amide bonds. The number of benzene rings is 2. The van der Waals surface area contributed by atoms with Crippen LogP contribution in [0.2, 0.25) is 0 Å². The fourth-order valence-corrected chi connectivity index (χ4v) is 2.88. The van der Waals surface area contributed by atoms with E-state index in [2.05, 4.69) is 0 Å². The molecule has 3 unspecified atom stereocenters. The number of hydrogen-bond donors (Lipinski definition) is 4. The Morgan fingerprint density at radius 2 is 1.12 bits per heavy atom. The first-order valence-corrected chi connectivity index (χ1v) is 10.7. The predicted octanol–water partition coefficient (Wildman–Crippen LogP) is 4.39. The molecule has 2 aromatic rings. The van der Waals surface area contributed by atoms with E-state index in [9.17, 15) is 24.6 Å². The van der Waals surface area contributed by atoms with E-state index in [1.165, 1.54) is 12.1 Å². The third kappa shape index (κ3) is 11.4. The van der Waals surface area contributed by atoms with Crippen LogP contribution in [0.5, 0.6) is 0 Å². The van der Waals surface area contributed by atoms with Gasteiger partial charge in [-0.3, -0.25) is 4.79 Å². The van der Waals surface area contributed by atoms with Crippen molar-refractivity contribution in [2.24, 2.45) is 17.3 Å². The minimum atomic E-state index is -1.42. The van der Waals surface area contributed by atoms with Crippen LogP contribution in [0.25, 0.3) is 0 Å². The van der Waals surface area contributed by atoms with Gasteiger partial charge in [0.2, 0.25) is 0 Å². The Morgan fingerprint density at radius 3 is 1.39 bits per heavy atom. The molecule has 0 radical (unpaired) electrons. The molecule has 0 spiro atoms. The molecule has 4 N–H and O–H groups in total. The second-order valence-electron chi connectivity index (χ2n) is 9.08. The van der Waals surface area contributed by atoms with Crippen molar-refractivity contribution in [2.45, 2.75) is 53.8 Å². The van der Waals surface area contributed by atoms with Gasteiger partial charge in [0.15, 0.2) is 0 Å². The lowest BCUT2D eigenvalue weighted by Gasteiger charge is -2.34. The van der Waals surface area contributed by atoms with E-state index in [1.807, 2.05) is 41.5 Å². The van der Waals surface area contributed by atoms with Gasteiger partial charge in [0, 0.05) is 11.5 Å². The number of carbonyl (C=O) groups excluding carboxylic acids is 1. The van der Waals surface area contributed by atoms with Crippen LogP contribution < -0.4 is 0 Å². The molecule has 33 heavy (non-hydrogen) atoms. The summed E-state index contributed by atoms with van der Waals surface area (Å²) in [4.78, 5) is 31.1. The number of aliphatic hydroxyl groups excluding tert-OH is 2. The average molecular weight is 461 g/mol. The Kier molecular flexibility index (Phi) is 12.9. The number of carbonyl (C=O) groups is 3. The van der Waals surface area contributed by atoms with Gasteiger partial charge in [0.25, 0.3) is 5.78 Å². The zero-order valence-electron chi connectivity index (χ0n) is 20.1. The Morgan fingerprint density at radius 1 is 0.727 bits per heavy atom. The summed E-state index contributed by atoms with van der Waals surface area (Å²) in [6.45, 7) is 11.8. The number of rotatable bonds is 6. The van der Waals surface area contributed by atoms with Crippen LogP contribution in [0, 0.1) is 17.3 Å². The Hall–Kier alpha value is -3.03. The number of aromatic carboxylic acids is 1. The maximum atomic E-state index is 10.7. The van der Waals surface area contributed by atoms with Crippen LogP contribution in [-0.2, 0) is 4.79 Å². The Bertz CT molecular complexity index is 855. The molecule has 0 saturated carbocycles. The van der Waals surface area contributed by atoms with Crippen LogP contribution in [0.4, 0.5) is 0 Å². The number of hydrogen-bond acceptors (Lipinski definition) is 5. The number of carboxylic acid groups (broad SMARTS) is 2. The maximum absolute atomic E-state index is 10.7. The second-order valence-corrected chi connectivity index (χ2v) is 9.08. The monoisotopic (exact) mass is 460 g/mol. The van der Waals surface area contributed by atoms with Crippen molar-refractivity contribution in [3.63, 3.8) is 0 Å². The van der Waals surface area contributed by atoms with Gasteiger partial charge in [-0.1, -0.05) is 90.1 Å². The summed E-state index contributed by atoms with van der Waals surface area (Å²) in [5.74, 6) is -3.04. The molecule has 0 bridgehead atoms. The fraction of sp³-hybridized carbons (Fsp3) is 0.423. The van der Waals surface area contributed by atoms with Crippen molar-refractivity contribution in [1.82, 2.24) is 0 Å². The normalized spacial score (nSPS) is 13.4. The lowest BCUT2D eigenvalue weighted by molar-refractivity contribution is -0.131. The summed E-state index contributed by atoms with van der Waals surface area (Å²) in [6, 6.07) is 16.2. The predicted molar refractivity (Wildman–Crippen MR) is 127 cm³/mol. The van der Waals surface area contributed by atoms with Gasteiger partial charge in [-0.2, -0.15) is 0 Å². The molecule has 0 heterocycles. The summed E-state index contributed by atoms with van der Waals surface area (Å²) in [6.07, 6.45) is -0.876. The number of ketones is 1. The zero-order valence-corrected chi connectivity index (χ0v) is 20.1. The number of carboxylic acids is 2. The minimum absolute atomic E-state index is 0.0694. The van der Waals surface area contributed by atoms with Crippen molar-refractivity contribution in [3.05, 3.63) is 71.8 Å². The van der Waals surface area contributed by atoms with E-state index >= 15 is 0 Å². The van der Waals surface area contributed by atoms with Crippen molar-refractivity contribution in [2.75, 3.05) is 0 Å². The highest BCUT2D eigenvalue weighted by Gasteiger charge is 2.32. The standard InChI is InChI=1S/C11H24O2.C8H6O3.C7H6O2/c1-7(2)9(12)8(3)10(13)11(4,5)6;9-7(8(10)11)6-4-2-1-3-5-6;8-7(9)6-4-2-1-3-5-6/h7-10,12-13H,1-6H3;1-5H,(H,10,11);1-5H,(H,8,9). The first-order valence-electron chi connectivity index (χ1n) is 10.7.